The number of nitrogens with zero attached hydrogens (tertiary/aromatic N) is 2. The normalized spacial score (nSPS) is 9.55. The summed E-state index contributed by atoms with van der Waals surface area (Å²) in [5, 5.41) is 7.75. The summed E-state index contributed by atoms with van der Waals surface area (Å²) in [6, 6.07) is 0. The van der Waals surface area contributed by atoms with E-state index in [2.05, 4.69) is 14.9 Å². The molecular weight excluding hydrogens is 164 g/mol. The van der Waals surface area contributed by atoms with E-state index in [1.54, 1.807) is 5.38 Å². The minimum absolute atomic E-state index is 0.218. The van der Waals surface area contributed by atoms with Gasteiger partial charge in [0.1, 0.15) is 0 Å². The second-order valence-electron chi connectivity index (χ2n) is 1.83. The van der Waals surface area contributed by atoms with Gasteiger partial charge in [0.15, 0.2) is 5.69 Å². The molecule has 1 rings (SSSR count). The van der Waals surface area contributed by atoms with Gasteiger partial charge in [-0.15, -0.1) is 5.10 Å². The fourth-order valence-electron chi connectivity index (χ4n) is 0.540. The van der Waals surface area contributed by atoms with Crippen molar-refractivity contribution in [1.29, 1.82) is 0 Å². The van der Waals surface area contributed by atoms with Crippen LogP contribution in [0, 0.1) is 0 Å². The van der Waals surface area contributed by atoms with Gasteiger partial charge in [-0.2, -0.15) is 0 Å². The van der Waals surface area contributed by atoms with Crippen molar-refractivity contribution < 1.29 is 4.79 Å². The highest BCUT2D eigenvalue weighted by Crippen LogP contribution is 1.95. The number of carbonyl (C=O) groups is 1. The van der Waals surface area contributed by atoms with E-state index < -0.39 is 0 Å². The van der Waals surface area contributed by atoms with Crippen LogP contribution in [0.4, 0.5) is 0 Å². The first-order chi connectivity index (χ1) is 5.34. The largest absolute Gasteiger partial charge is 0.349 e. The van der Waals surface area contributed by atoms with Gasteiger partial charge >= 0.3 is 0 Å². The van der Waals surface area contributed by atoms with Crippen LogP contribution in [0.2, 0.25) is 0 Å². The third-order valence-electron chi connectivity index (χ3n) is 1.02. The molecule has 1 heterocycles. The van der Waals surface area contributed by atoms with Crippen molar-refractivity contribution in [2.24, 2.45) is 5.73 Å². The maximum absolute atomic E-state index is 11.0. The van der Waals surface area contributed by atoms with Crippen LogP contribution in [0.5, 0.6) is 0 Å². The Balaban J connectivity index is 2.43. The highest BCUT2D eigenvalue weighted by Gasteiger charge is 2.05. The SMILES string of the molecule is NCCNC(=O)c1csnn1. The number of nitrogens with one attached hydrogen (secondary N) is 1. The zero-order chi connectivity index (χ0) is 8.10. The molecule has 1 amide bonds. The smallest absolute Gasteiger partial charge is 0.272 e. The van der Waals surface area contributed by atoms with Gasteiger partial charge in [-0.25, -0.2) is 0 Å². The molecule has 11 heavy (non-hydrogen) atoms. The summed E-state index contributed by atoms with van der Waals surface area (Å²) in [4.78, 5) is 11.0. The Bertz CT molecular complexity index is 222. The van der Waals surface area contributed by atoms with Crippen molar-refractivity contribution in [2.45, 2.75) is 0 Å². The van der Waals surface area contributed by atoms with Crippen LogP contribution in [0.15, 0.2) is 5.38 Å². The molecule has 0 aromatic carbocycles. The third kappa shape index (κ3) is 2.24. The van der Waals surface area contributed by atoms with Gasteiger partial charge in [0.2, 0.25) is 0 Å². The van der Waals surface area contributed by atoms with Crippen molar-refractivity contribution in [3.63, 3.8) is 0 Å². The number of rotatable bonds is 3. The Morgan fingerprint density at radius 1 is 1.82 bits per heavy atom. The van der Waals surface area contributed by atoms with E-state index >= 15 is 0 Å². The summed E-state index contributed by atoms with van der Waals surface area (Å²) < 4.78 is 3.55. The predicted octanol–water partition coefficient (Wildman–Crippen LogP) is -0.773. The van der Waals surface area contributed by atoms with Gasteiger partial charge in [0.05, 0.1) is 0 Å². The Morgan fingerprint density at radius 3 is 3.18 bits per heavy atom. The molecule has 0 fully saturated rings. The number of amides is 1. The maximum atomic E-state index is 11.0. The number of hydrogen-bond acceptors (Lipinski definition) is 5. The summed E-state index contributed by atoms with van der Waals surface area (Å²) in [7, 11) is 0. The lowest BCUT2D eigenvalue weighted by Gasteiger charge is -1.97. The molecular formula is C5H8N4OS. The van der Waals surface area contributed by atoms with Gasteiger partial charge in [-0.05, 0) is 11.5 Å². The average molecular weight is 172 g/mol. The van der Waals surface area contributed by atoms with Gasteiger partial charge in [0.25, 0.3) is 5.91 Å². The molecule has 1 aromatic rings. The van der Waals surface area contributed by atoms with Crippen LogP contribution in [0.25, 0.3) is 0 Å². The quantitative estimate of drug-likeness (QED) is 0.627. The molecule has 1 aromatic heterocycles. The van der Waals surface area contributed by atoms with Crippen molar-refractivity contribution in [3.8, 4) is 0 Å². The summed E-state index contributed by atoms with van der Waals surface area (Å²) in [6.45, 7) is 0.902. The number of nitrogens with two attached hydrogens (primary N) is 1. The van der Waals surface area contributed by atoms with E-state index in [-0.39, 0.29) is 5.91 Å². The van der Waals surface area contributed by atoms with Crippen LogP contribution in [0.1, 0.15) is 10.5 Å². The first-order valence-corrected chi connectivity index (χ1v) is 3.93. The van der Waals surface area contributed by atoms with Gasteiger partial charge in [-0.3, -0.25) is 4.79 Å². The first-order valence-electron chi connectivity index (χ1n) is 3.10. The molecule has 60 valence electrons. The lowest BCUT2D eigenvalue weighted by Crippen LogP contribution is -2.29. The molecule has 0 saturated heterocycles. The van der Waals surface area contributed by atoms with E-state index in [0.29, 0.717) is 18.8 Å². The fourth-order valence-corrected chi connectivity index (χ4v) is 0.976. The molecule has 6 heteroatoms. The highest BCUT2D eigenvalue weighted by molar-refractivity contribution is 7.03. The Labute approximate surface area is 67.8 Å². The molecule has 5 nitrogen and oxygen atoms in total. The van der Waals surface area contributed by atoms with E-state index in [1.165, 1.54) is 0 Å². The summed E-state index contributed by atoms with van der Waals surface area (Å²) in [5.74, 6) is -0.218. The molecule has 0 radical (unpaired) electrons. The maximum Gasteiger partial charge on any atom is 0.272 e. The van der Waals surface area contributed by atoms with E-state index in [4.69, 9.17) is 5.73 Å². The van der Waals surface area contributed by atoms with E-state index in [0.717, 1.165) is 11.5 Å². The van der Waals surface area contributed by atoms with Crippen LogP contribution in [0.3, 0.4) is 0 Å². The summed E-state index contributed by atoms with van der Waals surface area (Å²) >= 11 is 1.15. The standard InChI is InChI=1S/C5H8N4OS/c6-1-2-7-5(10)4-3-11-9-8-4/h3H,1-2,6H2,(H,7,10). The Hall–Kier alpha value is -1.01. The minimum Gasteiger partial charge on any atom is -0.349 e. The van der Waals surface area contributed by atoms with E-state index in [1.807, 2.05) is 0 Å². The summed E-state index contributed by atoms with van der Waals surface area (Å²) in [6.07, 6.45) is 0. The molecule has 0 aliphatic heterocycles. The molecule has 0 aliphatic rings. The van der Waals surface area contributed by atoms with Crippen molar-refractivity contribution >= 4 is 17.4 Å². The van der Waals surface area contributed by atoms with Crippen molar-refractivity contribution in [2.75, 3.05) is 13.1 Å². The number of aromatic nitrogens is 2. The van der Waals surface area contributed by atoms with Crippen molar-refractivity contribution in [1.82, 2.24) is 14.9 Å². The van der Waals surface area contributed by atoms with Gasteiger partial charge in [-0.1, -0.05) is 4.49 Å². The zero-order valence-corrected chi connectivity index (χ0v) is 6.60. The molecule has 0 saturated carbocycles. The topological polar surface area (TPSA) is 80.9 Å². The van der Waals surface area contributed by atoms with Crippen molar-refractivity contribution in [3.05, 3.63) is 11.1 Å². The molecule has 0 atom stereocenters. The van der Waals surface area contributed by atoms with Crippen LogP contribution in [-0.4, -0.2) is 28.6 Å². The monoisotopic (exact) mass is 172 g/mol. The third-order valence-corrected chi connectivity index (χ3v) is 1.53. The Kier molecular flexibility index (Phi) is 2.94. The molecule has 0 unspecified atom stereocenters. The molecule has 3 N–H and O–H groups in total. The lowest BCUT2D eigenvalue weighted by atomic mass is 10.4. The first kappa shape index (κ1) is 8.09. The number of hydrogen-bond donors (Lipinski definition) is 2. The minimum atomic E-state index is -0.218. The van der Waals surface area contributed by atoms with Gasteiger partial charge < -0.3 is 11.1 Å². The predicted molar refractivity (Wildman–Crippen MR) is 41.3 cm³/mol. The second-order valence-corrected chi connectivity index (χ2v) is 2.44. The van der Waals surface area contributed by atoms with E-state index in [9.17, 15) is 4.79 Å². The Morgan fingerprint density at radius 2 is 2.64 bits per heavy atom. The molecule has 0 spiro atoms. The van der Waals surface area contributed by atoms with Crippen LogP contribution >= 0.6 is 11.5 Å². The molecule has 0 aliphatic carbocycles. The summed E-state index contributed by atoms with van der Waals surface area (Å²) in [5.41, 5.74) is 5.53. The van der Waals surface area contributed by atoms with Gasteiger partial charge in [0, 0.05) is 18.5 Å². The zero-order valence-electron chi connectivity index (χ0n) is 5.78. The van der Waals surface area contributed by atoms with Crippen LogP contribution in [-0.2, 0) is 0 Å². The highest BCUT2D eigenvalue weighted by atomic mass is 32.1. The lowest BCUT2D eigenvalue weighted by molar-refractivity contribution is 0.0950. The van der Waals surface area contributed by atoms with Crippen LogP contribution < -0.4 is 11.1 Å². The molecule has 0 bridgehead atoms. The number of carbonyl (C=O) groups excluding carboxylic acids is 1. The fraction of sp³-hybridized carbons (Fsp3) is 0.400. The average Bonchev–Trinajstić information content (AvgIpc) is 2.52. The second kappa shape index (κ2) is 3.99.